The highest BCUT2D eigenvalue weighted by atomic mass is 19.1. The normalized spacial score (nSPS) is 16.1. The van der Waals surface area contributed by atoms with Crippen molar-refractivity contribution in [1.82, 2.24) is 10.6 Å². The van der Waals surface area contributed by atoms with Crippen LogP contribution in [0.1, 0.15) is 18.9 Å². The van der Waals surface area contributed by atoms with E-state index in [0.717, 1.165) is 12.1 Å². The minimum Gasteiger partial charge on any atom is -0.367 e. The minimum absolute atomic E-state index is 0.0340. The second kappa shape index (κ2) is 6.52. The van der Waals surface area contributed by atoms with Crippen molar-refractivity contribution in [3.63, 3.8) is 0 Å². The van der Waals surface area contributed by atoms with Gasteiger partial charge in [-0.15, -0.1) is 0 Å². The summed E-state index contributed by atoms with van der Waals surface area (Å²) in [5, 5.41) is 5.96. The van der Waals surface area contributed by atoms with Crippen molar-refractivity contribution in [2.75, 3.05) is 31.1 Å². The van der Waals surface area contributed by atoms with Crippen LogP contribution in [-0.4, -0.2) is 32.1 Å². The number of halogens is 1. The molecule has 2 rings (SSSR count). The van der Waals surface area contributed by atoms with E-state index in [1.807, 2.05) is 17.9 Å². The number of nitrogens with zero attached hydrogens (tertiary/aromatic N) is 1. The first kappa shape index (κ1) is 13.8. The second-order valence-corrected chi connectivity index (χ2v) is 4.65. The van der Waals surface area contributed by atoms with Gasteiger partial charge in [-0.25, -0.2) is 4.39 Å². The molecule has 0 saturated carbocycles. The molecular formula is C14H20FN3O. The molecule has 1 saturated heterocycles. The minimum atomic E-state index is -0.218. The van der Waals surface area contributed by atoms with Crippen LogP contribution in [0, 0.1) is 5.82 Å². The molecule has 0 radical (unpaired) electrons. The van der Waals surface area contributed by atoms with E-state index in [9.17, 15) is 9.18 Å². The Balaban J connectivity index is 2.09. The summed E-state index contributed by atoms with van der Waals surface area (Å²) in [6.07, 6.45) is 0.415. The summed E-state index contributed by atoms with van der Waals surface area (Å²) in [5.74, 6) is -0.184. The van der Waals surface area contributed by atoms with Gasteiger partial charge in [0, 0.05) is 32.6 Å². The lowest BCUT2D eigenvalue weighted by molar-refractivity contribution is -0.120. The Hall–Kier alpha value is -1.62. The van der Waals surface area contributed by atoms with E-state index in [1.54, 1.807) is 12.1 Å². The van der Waals surface area contributed by atoms with Crippen molar-refractivity contribution < 1.29 is 9.18 Å². The van der Waals surface area contributed by atoms with E-state index in [1.165, 1.54) is 0 Å². The van der Waals surface area contributed by atoms with Crippen LogP contribution in [0.25, 0.3) is 0 Å². The standard InChI is InChI=1S/C14H20FN3O/c1-2-16-10-11-3-4-13(12(15)9-11)18-7-5-14(19)17-6-8-18/h3-4,9,16H,2,5-8,10H2,1H3,(H,17,19). The van der Waals surface area contributed by atoms with Gasteiger partial charge in [0.1, 0.15) is 5.82 Å². The molecule has 1 fully saturated rings. The number of hydrogen-bond donors (Lipinski definition) is 2. The van der Waals surface area contributed by atoms with Gasteiger partial charge in [0.05, 0.1) is 5.69 Å². The zero-order valence-electron chi connectivity index (χ0n) is 11.2. The highest BCUT2D eigenvalue weighted by Gasteiger charge is 2.16. The molecule has 1 heterocycles. The molecule has 104 valence electrons. The van der Waals surface area contributed by atoms with Gasteiger partial charge in [-0.05, 0) is 24.2 Å². The van der Waals surface area contributed by atoms with Crippen molar-refractivity contribution in [3.8, 4) is 0 Å². The summed E-state index contributed by atoms with van der Waals surface area (Å²) >= 11 is 0. The van der Waals surface area contributed by atoms with Crippen LogP contribution in [0.4, 0.5) is 10.1 Å². The summed E-state index contributed by atoms with van der Waals surface area (Å²) in [7, 11) is 0. The number of nitrogens with one attached hydrogen (secondary N) is 2. The van der Waals surface area contributed by atoms with E-state index in [2.05, 4.69) is 10.6 Å². The van der Waals surface area contributed by atoms with Gasteiger partial charge in [-0.1, -0.05) is 13.0 Å². The zero-order valence-corrected chi connectivity index (χ0v) is 11.2. The lowest BCUT2D eigenvalue weighted by Crippen LogP contribution is -2.29. The molecule has 5 heteroatoms. The number of carbonyl (C=O) groups is 1. The van der Waals surface area contributed by atoms with Crippen LogP contribution in [0.5, 0.6) is 0 Å². The molecule has 1 aliphatic heterocycles. The summed E-state index contributed by atoms with van der Waals surface area (Å²) in [5.41, 5.74) is 1.52. The molecule has 0 aromatic heterocycles. The van der Waals surface area contributed by atoms with Gasteiger partial charge in [0.2, 0.25) is 5.91 Å². The smallest absolute Gasteiger partial charge is 0.221 e. The number of anilines is 1. The van der Waals surface area contributed by atoms with Crippen molar-refractivity contribution in [2.24, 2.45) is 0 Å². The zero-order chi connectivity index (χ0) is 13.7. The van der Waals surface area contributed by atoms with Gasteiger partial charge in [0.25, 0.3) is 0 Å². The predicted molar refractivity (Wildman–Crippen MR) is 73.6 cm³/mol. The molecule has 1 aliphatic rings. The molecule has 0 aliphatic carbocycles. The lowest BCUT2D eigenvalue weighted by Gasteiger charge is -2.22. The Kier molecular flexibility index (Phi) is 4.74. The largest absolute Gasteiger partial charge is 0.367 e. The number of amides is 1. The second-order valence-electron chi connectivity index (χ2n) is 4.65. The van der Waals surface area contributed by atoms with Crippen LogP contribution in [0.3, 0.4) is 0 Å². The SMILES string of the molecule is CCNCc1ccc(N2CCNC(=O)CC2)c(F)c1. The average molecular weight is 265 g/mol. The van der Waals surface area contributed by atoms with E-state index in [-0.39, 0.29) is 11.7 Å². The number of hydrogen-bond acceptors (Lipinski definition) is 3. The maximum absolute atomic E-state index is 14.1. The summed E-state index contributed by atoms with van der Waals surface area (Å²) in [6, 6.07) is 5.30. The van der Waals surface area contributed by atoms with Gasteiger partial charge < -0.3 is 15.5 Å². The van der Waals surface area contributed by atoms with Crippen molar-refractivity contribution in [1.29, 1.82) is 0 Å². The molecule has 0 unspecified atom stereocenters. The van der Waals surface area contributed by atoms with Crippen LogP contribution < -0.4 is 15.5 Å². The molecule has 2 N–H and O–H groups in total. The summed E-state index contributed by atoms with van der Waals surface area (Å²) in [4.78, 5) is 13.2. The quantitative estimate of drug-likeness (QED) is 0.861. The highest BCUT2D eigenvalue weighted by molar-refractivity contribution is 5.77. The Morgan fingerprint density at radius 2 is 2.26 bits per heavy atom. The fraction of sp³-hybridized carbons (Fsp3) is 0.500. The fourth-order valence-corrected chi connectivity index (χ4v) is 2.19. The van der Waals surface area contributed by atoms with Gasteiger partial charge in [-0.2, -0.15) is 0 Å². The van der Waals surface area contributed by atoms with E-state index >= 15 is 0 Å². The fourth-order valence-electron chi connectivity index (χ4n) is 2.19. The molecule has 1 aromatic rings. The first-order valence-corrected chi connectivity index (χ1v) is 6.71. The van der Waals surface area contributed by atoms with Gasteiger partial charge >= 0.3 is 0 Å². The third-order valence-corrected chi connectivity index (χ3v) is 3.24. The Bertz CT molecular complexity index is 450. The van der Waals surface area contributed by atoms with Crippen molar-refractivity contribution in [3.05, 3.63) is 29.6 Å². The van der Waals surface area contributed by atoms with Crippen LogP contribution in [-0.2, 0) is 11.3 Å². The van der Waals surface area contributed by atoms with Crippen molar-refractivity contribution >= 4 is 11.6 Å². The number of benzene rings is 1. The van der Waals surface area contributed by atoms with Crippen molar-refractivity contribution in [2.45, 2.75) is 19.9 Å². The molecule has 4 nitrogen and oxygen atoms in total. The molecule has 0 bridgehead atoms. The first-order chi connectivity index (χ1) is 9.20. The molecular weight excluding hydrogens is 245 g/mol. The molecule has 0 atom stereocenters. The van der Waals surface area contributed by atoms with Crippen LogP contribution >= 0.6 is 0 Å². The van der Waals surface area contributed by atoms with E-state index in [0.29, 0.717) is 38.3 Å². The highest BCUT2D eigenvalue weighted by Crippen LogP contribution is 2.21. The molecule has 19 heavy (non-hydrogen) atoms. The summed E-state index contributed by atoms with van der Waals surface area (Å²) in [6.45, 7) is 5.34. The van der Waals surface area contributed by atoms with E-state index in [4.69, 9.17) is 0 Å². The van der Waals surface area contributed by atoms with E-state index < -0.39 is 0 Å². The molecule has 0 spiro atoms. The number of carbonyl (C=O) groups excluding carboxylic acids is 1. The molecule has 1 amide bonds. The first-order valence-electron chi connectivity index (χ1n) is 6.71. The maximum Gasteiger partial charge on any atom is 0.221 e. The lowest BCUT2D eigenvalue weighted by atomic mass is 10.1. The summed E-state index contributed by atoms with van der Waals surface area (Å²) < 4.78 is 14.1. The van der Waals surface area contributed by atoms with Crippen LogP contribution in [0.2, 0.25) is 0 Å². The Morgan fingerprint density at radius 3 is 3.00 bits per heavy atom. The van der Waals surface area contributed by atoms with Gasteiger partial charge in [0.15, 0.2) is 0 Å². The number of rotatable bonds is 4. The Labute approximate surface area is 113 Å². The van der Waals surface area contributed by atoms with Crippen LogP contribution in [0.15, 0.2) is 18.2 Å². The third-order valence-electron chi connectivity index (χ3n) is 3.24. The Morgan fingerprint density at radius 1 is 1.42 bits per heavy atom. The molecule has 1 aromatic carbocycles. The maximum atomic E-state index is 14.1. The topological polar surface area (TPSA) is 44.4 Å². The third kappa shape index (κ3) is 3.67. The monoisotopic (exact) mass is 265 g/mol. The average Bonchev–Trinajstić information content (AvgIpc) is 2.61. The predicted octanol–water partition coefficient (Wildman–Crippen LogP) is 1.26. The van der Waals surface area contributed by atoms with Gasteiger partial charge in [-0.3, -0.25) is 4.79 Å².